The molecule has 0 fully saturated rings. The molecular formula is C7H10K2O4. The molecule has 0 saturated carbocycles. The molecule has 4 nitrogen and oxygen atoms in total. The van der Waals surface area contributed by atoms with Gasteiger partial charge in [0.2, 0.25) is 0 Å². The van der Waals surface area contributed by atoms with Gasteiger partial charge in [0.15, 0.2) is 0 Å². The summed E-state index contributed by atoms with van der Waals surface area (Å²) < 4.78 is 0. The molecule has 0 aliphatic heterocycles. The molecule has 0 unspecified atom stereocenters. The molecule has 0 amide bonds. The normalized spacial score (nSPS) is 8.00. The minimum atomic E-state index is -1.08. The van der Waals surface area contributed by atoms with Gasteiger partial charge in [-0.25, -0.2) is 0 Å². The second-order valence-corrected chi connectivity index (χ2v) is 2.30. The summed E-state index contributed by atoms with van der Waals surface area (Å²) in [6.45, 7) is 0. The summed E-state index contributed by atoms with van der Waals surface area (Å²) in [5, 5.41) is 19.7. The summed E-state index contributed by atoms with van der Waals surface area (Å²) in [7, 11) is 0. The van der Waals surface area contributed by atoms with Gasteiger partial charge in [-0.2, -0.15) is 0 Å². The summed E-state index contributed by atoms with van der Waals surface area (Å²) in [4.78, 5) is 19.7. The van der Waals surface area contributed by atoms with Crippen molar-refractivity contribution in [2.24, 2.45) is 0 Å². The molecule has 64 valence electrons. The Morgan fingerprint density at radius 1 is 0.769 bits per heavy atom. The molecule has 0 heterocycles. The van der Waals surface area contributed by atoms with E-state index in [1.165, 1.54) is 0 Å². The molecule has 0 rings (SSSR count). The van der Waals surface area contributed by atoms with E-state index in [4.69, 9.17) is 0 Å². The predicted octanol–water partition coefficient (Wildman–Crippen LogP) is -7.56. The van der Waals surface area contributed by atoms with Crippen LogP contribution in [0.3, 0.4) is 0 Å². The second kappa shape index (κ2) is 14.2. The van der Waals surface area contributed by atoms with Gasteiger partial charge in [-0.15, -0.1) is 0 Å². The molecule has 0 radical (unpaired) electrons. The van der Waals surface area contributed by atoms with Crippen molar-refractivity contribution in [3.05, 3.63) is 0 Å². The average molecular weight is 236 g/mol. The van der Waals surface area contributed by atoms with Gasteiger partial charge in [0.25, 0.3) is 0 Å². The van der Waals surface area contributed by atoms with Crippen LogP contribution in [0, 0.1) is 0 Å². The number of hydrogen-bond acceptors (Lipinski definition) is 4. The number of carbonyl (C=O) groups is 2. The molecule has 0 aromatic carbocycles. The van der Waals surface area contributed by atoms with Crippen molar-refractivity contribution in [3.8, 4) is 0 Å². The van der Waals surface area contributed by atoms with Crippen LogP contribution >= 0.6 is 0 Å². The van der Waals surface area contributed by atoms with E-state index < -0.39 is 11.9 Å². The Morgan fingerprint density at radius 2 is 1.08 bits per heavy atom. The number of carboxylic acid groups (broad SMARTS) is 2. The third-order valence-corrected chi connectivity index (χ3v) is 1.26. The zero-order valence-electron chi connectivity index (χ0n) is 8.17. The van der Waals surface area contributed by atoms with Crippen molar-refractivity contribution in [1.29, 1.82) is 0 Å². The van der Waals surface area contributed by atoms with Crippen molar-refractivity contribution < 1.29 is 123 Å². The van der Waals surface area contributed by atoms with Gasteiger partial charge >= 0.3 is 103 Å². The smallest absolute Gasteiger partial charge is 0.550 e. The maximum atomic E-state index is 9.86. The molecule has 6 heteroatoms. The summed E-state index contributed by atoms with van der Waals surface area (Å²) in [6, 6.07) is 0. The zero-order valence-corrected chi connectivity index (χ0v) is 14.4. The average Bonchev–Trinajstić information content (AvgIpc) is 1.85. The first-order valence-corrected chi connectivity index (χ1v) is 3.52. The van der Waals surface area contributed by atoms with Gasteiger partial charge in [0, 0.05) is 11.9 Å². The van der Waals surface area contributed by atoms with Crippen molar-refractivity contribution in [2.45, 2.75) is 32.1 Å². The van der Waals surface area contributed by atoms with Crippen LogP contribution in [0.2, 0.25) is 0 Å². The summed E-state index contributed by atoms with van der Waals surface area (Å²) >= 11 is 0. The predicted molar refractivity (Wildman–Crippen MR) is 33.1 cm³/mol. The minimum Gasteiger partial charge on any atom is -0.550 e. The Labute approximate surface area is 163 Å². The van der Waals surface area contributed by atoms with Gasteiger partial charge in [-0.1, -0.05) is 6.42 Å². The topological polar surface area (TPSA) is 80.3 Å². The third kappa shape index (κ3) is 20.3. The molecule has 0 aliphatic carbocycles. The van der Waals surface area contributed by atoms with E-state index in [-0.39, 0.29) is 116 Å². The van der Waals surface area contributed by atoms with Gasteiger partial charge < -0.3 is 19.8 Å². The molecule has 0 bridgehead atoms. The molecule has 0 aliphatic rings. The van der Waals surface area contributed by atoms with Crippen LogP contribution in [0.5, 0.6) is 0 Å². The van der Waals surface area contributed by atoms with Crippen LogP contribution < -0.4 is 113 Å². The number of carboxylic acids is 2. The first-order chi connectivity index (χ1) is 5.13. The second-order valence-electron chi connectivity index (χ2n) is 2.30. The molecule has 0 spiro atoms. The molecule has 0 saturated heterocycles. The quantitative estimate of drug-likeness (QED) is 0.339. The van der Waals surface area contributed by atoms with E-state index in [2.05, 4.69) is 0 Å². The molecule has 13 heavy (non-hydrogen) atoms. The van der Waals surface area contributed by atoms with Crippen LogP contribution in [-0.4, -0.2) is 11.9 Å². The first-order valence-electron chi connectivity index (χ1n) is 3.52. The number of rotatable bonds is 6. The van der Waals surface area contributed by atoms with E-state index in [1.54, 1.807) is 0 Å². The maximum absolute atomic E-state index is 9.86. The van der Waals surface area contributed by atoms with E-state index in [0.717, 1.165) is 0 Å². The minimum absolute atomic E-state index is 0. The fourth-order valence-electron chi connectivity index (χ4n) is 0.715. The number of aliphatic carboxylic acids is 2. The Morgan fingerprint density at radius 3 is 1.31 bits per heavy atom. The Bertz CT molecular complexity index is 133. The van der Waals surface area contributed by atoms with Crippen LogP contribution in [-0.2, 0) is 9.59 Å². The molecular weight excluding hydrogens is 226 g/mol. The van der Waals surface area contributed by atoms with E-state index in [1.807, 2.05) is 0 Å². The van der Waals surface area contributed by atoms with Crippen LogP contribution in [0.4, 0.5) is 0 Å². The third-order valence-electron chi connectivity index (χ3n) is 1.26. The van der Waals surface area contributed by atoms with Crippen molar-refractivity contribution in [3.63, 3.8) is 0 Å². The standard InChI is InChI=1S/C7H12O4.2K/c8-6(9)4-2-1-3-5-7(10)11;;/h1-5H2,(H,8,9)(H,10,11);;/q;2*+1/p-2. The fraction of sp³-hybridized carbons (Fsp3) is 0.714. The van der Waals surface area contributed by atoms with Crippen molar-refractivity contribution in [1.82, 2.24) is 0 Å². The molecule has 0 aromatic rings. The zero-order chi connectivity index (χ0) is 8.69. The van der Waals surface area contributed by atoms with Crippen LogP contribution in [0.1, 0.15) is 32.1 Å². The molecule has 0 N–H and O–H groups in total. The van der Waals surface area contributed by atoms with Crippen LogP contribution in [0.25, 0.3) is 0 Å². The van der Waals surface area contributed by atoms with Gasteiger partial charge in [0.05, 0.1) is 0 Å². The molecule has 0 atom stereocenters. The Hall–Kier alpha value is 2.21. The maximum Gasteiger partial charge on any atom is 1.00 e. The SMILES string of the molecule is O=C([O-])CCCCCC(=O)[O-].[K+].[K+]. The number of carbonyl (C=O) groups excluding carboxylic acids is 2. The monoisotopic (exact) mass is 236 g/mol. The summed E-state index contributed by atoms with van der Waals surface area (Å²) in [5.74, 6) is -2.17. The Balaban J connectivity index is -0.000000500. The van der Waals surface area contributed by atoms with E-state index >= 15 is 0 Å². The fourth-order valence-corrected chi connectivity index (χ4v) is 0.715. The van der Waals surface area contributed by atoms with E-state index in [9.17, 15) is 19.8 Å². The first kappa shape index (κ1) is 20.6. The van der Waals surface area contributed by atoms with Gasteiger partial charge in [-0.3, -0.25) is 0 Å². The summed E-state index contributed by atoms with van der Waals surface area (Å²) in [6.07, 6.45) is 1.58. The number of hydrogen-bond donors (Lipinski definition) is 0. The van der Waals surface area contributed by atoms with Crippen molar-refractivity contribution in [2.75, 3.05) is 0 Å². The Kier molecular flexibility index (Phi) is 22.5. The van der Waals surface area contributed by atoms with Crippen LogP contribution in [0.15, 0.2) is 0 Å². The number of unbranched alkanes of at least 4 members (excludes halogenated alkanes) is 2. The largest absolute Gasteiger partial charge is 1.00 e. The van der Waals surface area contributed by atoms with E-state index in [0.29, 0.717) is 19.3 Å². The molecule has 0 aromatic heterocycles. The van der Waals surface area contributed by atoms with Gasteiger partial charge in [-0.05, 0) is 25.7 Å². The van der Waals surface area contributed by atoms with Gasteiger partial charge in [0.1, 0.15) is 0 Å². The van der Waals surface area contributed by atoms with Crippen molar-refractivity contribution >= 4 is 11.9 Å². The summed E-state index contributed by atoms with van der Waals surface area (Å²) in [5.41, 5.74) is 0.